The second-order valence-corrected chi connectivity index (χ2v) is 5.13. The molecule has 2 atom stereocenters. The van der Waals surface area contributed by atoms with E-state index in [4.69, 9.17) is 0 Å². The Morgan fingerprint density at radius 1 is 1.64 bits per heavy atom. The van der Waals surface area contributed by atoms with Crippen LogP contribution in [0.15, 0.2) is 4.99 Å². The van der Waals surface area contributed by atoms with Gasteiger partial charge in [0.1, 0.15) is 6.23 Å². The van der Waals surface area contributed by atoms with Gasteiger partial charge in [-0.1, -0.05) is 6.92 Å². The molecule has 2 nitrogen and oxygen atoms in total. The highest BCUT2D eigenvalue weighted by Crippen LogP contribution is 2.57. The van der Waals surface area contributed by atoms with Crippen molar-refractivity contribution in [2.45, 2.75) is 37.7 Å². The van der Waals surface area contributed by atoms with Gasteiger partial charge in [-0.05, 0) is 19.8 Å². The second kappa shape index (κ2) is 2.23. The Kier molecular flexibility index (Phi) is 1.55. The molecule has 62 valence electrons. The number of rotatable bonds is 0. The zero-order valence-electron chi connectivity index (χ0n) is 6.87. The van der Waals surface area contributed by atoms with E-state index in [0.29, 0.717) is 10.7 Å². The van der Waals surface area contributed by atoms with Gasteiger partial charge in [-0.3, -0.25) is 4.99 Å². The average Bonchev–Trinajstić information content (AvgIpc) is 2.65. The summed E-state index contributed by atoms with van der Waals surface area (Å²) in [6.45, 7) is 4.08. The van der Waals surface area contributed by atoms with Gasteiger partial charge in [-0.15, -0.1) is 11.8 Å². The quantitative estimate of drug-likeness (QED) is 0.601. The van der Waals surface area contributed by atoms with Gasteiger partial charge in [0.2, 0.25) is 0 Å². The first-order chi connectivity index (χ1) is 5.14. The fourth-order valence-corrected chi connectivity index (χ4v) is 3.03. The SMILES string of the molecule is CC1=NC(O)C(C)C2(CC2)S1. The van der Waals surface area contributed by atoms with Crippen LogP contribution < -0.4 is 0 Å². The molecule has 1 aliphatic carbocycles. The molecule has 2 aliphatic rings. The topological polar surface area (TPSA) is 32.6 Å². The van der Waals surface area contributed by atoms with Crippen molar-refractivity contribution in [3.8, 4) is 0 Å². The Bertz CT molecular complexity index is 210. The highest BCUT2D eigenvalue weighted by Gasteiger charge is 2.52. The predicted octanol–water partition coefficient (Wildman–Crippen LogP) is 1.64. The Hall–Kier alpha value is -0.0200. The smallest absolute Gasteiger partial charge is 0.149 e. The lowest BCUT2D eigenvalue weighted by Crippen LogP contribution is -2.32. The third-order valence-corrected chi connectivity index (χ3v) is 4.27. The molecule has 1 spiro atoms. The van der Waals surface area contributed by atoms with E-state index in [0.717, 1.165) is 5.04 Å². The maximum Gasteiger partial charge on any atom is 0.149 e. The van der Waals surface area contributed by atoms with Crippen molar-refractivity contribution in [3.05, 3.63) is 0 Å². The summed E-state index contributed by atoms with van der Waals surface area (Å²) in [7, 11) is 0. The molecule has 1 aliphatic heterocycles. The molecule has 0 amide bonds. The number of thioether (sulfide) groups is 1. The average molecular weight is 171 g/mol. The van der Waals surface area contributed by atoms with Gasteiger partial charge in [0, 0.05) is 10.7 Å². The van der Waals surface area contributed by atoms with E-state index in [1.807, 2.05) is 18.7 Å². The summed E-state index contributed by atoms with van der Waals surface area (Å²) >= 11 is 1.86. The van der Waals surface area contributed by atoms with Crippen LogP contribution >= 0.6 is 11.8 Å². The summed E-state index contributed by atoms with van der Waals surface area (Å²) in [6.07, 6.45) is 2.06. The number of aliphatic imine (C=N–C) groups is 1. The van der Waals surface area contributed by atoms with Crippen molar-refractivity contribution in [1.82, 2.24) is 0 Å². The summed E-state index contributed by atoms with van der Waals surface area (Å²) in [6, 6.07) is 0. The van der Waals surface area contributed by atoms with Gasteiger partial charge < -0.3 is 5.11 Å². The highest BCUT2D eigenvalue weighted by atomic mass is 32.2. The normalized spacial score (nSPS) is 40.5. The lowest BCUT2D eigenvalue weighted by atomic mass is 10.0. The first kappa shape index (κ1) is 7.62. The highest BCUT2D eigenvalue weighted by molar-refractivity contribution is 8.15. The van der Waals surface area contributed by atoms with Crippen LogP contribution in [0, 0.1) is 5.92 Å². The van der Waals surface area contributed by atoms with Crippen LogP contribution in [0.4, 0.5) is 0 Å². The summed E-state index contributed by atoms with van der Waals surface area (Å²) in [5.74, 6) is 0.344. The van der Waals surface area contributed by atoms with Gasteiger partial charge in [-0.25, -0.2) is 0 Å². The molecule has 11 heavy (non-hydrogen) atoms. The van der Waals surface area contributed by atoms with Gasteiger partial charge in [0.25, 0.3) is 0 Å². The standard InChI is InChI=1S/C8H13NOS/c1-5-7(10)9-6(2)11-8(5)3-4-8/h5,7,10H,3-4H2,1-2H3. The Labute approximate surface area is 71.1 Å². The second-order valence-electron chi connectivity index (χ2n) is 3.52. The number of aliphatic hydroxyl groups excluding tert-OH is 1. The van der Waals surface area contributed by atoms with E-state index in [-0.39, 0.29) is 0 Å². The largest absolute Gasteiger partial charge is 0.371 e. The van der Waals surface area contributed by atoms with Crippen LogP contribution in [0.1, 0.15) is 26.7 Å². The van der Waals surface area contributed by atoms with Crippen LogP contribution in [-0.4, -0.2) is 21.1 Å². The van der Waals surface area contributed by atoms with Crippen molar-refractivity contribution in [1.29, 1.82) is 0 Å². The summed E-state index contributed by atoms with van der Waals surface area (Å²) in [4.78, 5) is 4.13. The minimum absolute atomic E-state index is 0.344. The molecule has 1 fully saturated rings. The van der Waals surface area contributed by atoms with Gasteiger partial charge >= 0.3 is 0 Å². The lowest BCUT2D eigenvalue weighted by molar-refractivity contribution is 0.119. The maximum absolute atomic E-state index is 9.52. The minimum atomic E-state index is -0.446. The monoisotopic (exact) mass is 171 g/mol. The molecule has 0 aromatic rings. The third-order valence-electron chi connectivity index (χ3n) is 2.68. The predicted molar refractivity (Wildman–Crippen MR) is 47.8 cm³/mol. The number of nitrogens with zero attached hydrogens (tertiary/aromatic N) is 1. The zero-order valence-corrected chi connectivity index (χ0v) is 7.69. The Balaban J connectivity index is 2.23. The van der Waals surface area contributed by atoms with Crippen molar-refractivity contribution in [3.63, 3.8) is 0 Å². The lowest BCUT2D eigenvalue weighted by Gasteiger charge is -2.29. The zero-order chi connectivity index (χ0) is 8.06. The maximum atomic E-state index is 9.52. The summed E-state index contributed by atoms with van der Waals surface area (Å²) in [5, 5.41) is 10.6. The van der Waals surface area contributed by atoms with Crippen LogP contribution in [0.5, 0.6) is 0 Å². The van der Waals surface area contributed by atoms with Crippen LogP contribution in [0.2, 0.25) is 0 Å². The first-order valence-corrected chi connectivity index (χ1v) is 4.87. The van der Waals surface area contributed by atoms with Crippen LogP contribution in [-0.2, 0) is 0 Å². The van der Waals surface area contributed by atoms with E-state index >= 15 is 0 Å². The molecule has 0 bridgehead atoms. The van der Waals surface area contributed by atoms with Gasteiger partial charge in [0.05, 0.1) is 5.04 Å². The minimum Gasteiger partial charge on any atom is -0.371 e. The van der Waals surface area contributed by atoms with Crippen molar-refractivity contribution in [2.75, 3.05) is 0 Å². The van der Waals surface area contributed by atoms with Crippen molar-refractivity contribution < 1.29 is 5.11 Å². The fraction of sp³-hybridized carbons (Fsp3) is 0.875. The molecular weight excluding hydrogens is 158 g/mol. The number of hydrogen-bond acceptors (Lipinski definition) is 3. The molecule has 0 radical (unpaired) electrons. The first-order valence-electron chi connectivity index (χ1n) is 4.05. The molecule has 3 heteroatoms. The summed E-state index contributed by atoms with van der Waals surface area (Å²) in [5.41, 5.74) is 0. The van der Waals surface area contributed by atoms with Gasteiger partial charge in [0.15, 0.2) is 0 Å². The summed E-state index contributed by atoms with van der Waals surface area (Å²) < 4.78 is 0.366. The molecule has 1 N–H and O–H groups in total. The molecule has 2 unspecified atom stereocenters. The molecule has 1 saturated carbocycles. The van der Waals surface area contributed by atoms with Crippen molar-refractivity contribution in [2.24, 2.45) is 10.9 Å². The molecule has 0 saturated heterocycles. The Morgan fingerprint density at radius 3 is 2.82 bits per heavy atom. The number of hydrogen-bond donors (Lipinski definition) is 1. The fourth-order valence-electron chi connectivity index (χ4n) is 1.66. The van der Waals surface area contributed by atoms with E-state index in [1.165, 1.54) is 12.8 Å². The van der Waals surface area contributed by atoms with E-state index in [9.17, 15) is 5.11 Å². The third kappa shape index (κ3) is 1.11. The van der Waals surface area contributed by atoms with E-state index < -0.39 is 6.23 Å². The Morgan fingerprint density at radius 2 is 2.27 bits per heavy atom. The molecule has 0 aromatic carbocycles. The number of aliphatic hydroxyl groups is 1. The van der Waals surface area contributed by atoms with Gasteiger partial charge in [-0.2, -0.15) is 0 Å². The van der Waals surface area contributed by atoms with Crippen molar-refractivity contribution >= 4 is 16.8 Å². The van der Waals surface area contributed by atoms with Crippen LogP contribution in [0.25, 0.3) is 0 Å². The molecule has 0 aromatic heterocycles. The van der Waals surface area contributed by atoms with E-state index in [1.54, 1.807) is 0 Å². The van der Waals surface area contributed by atoms with Crippen LogP contribution in [0.3, 0.4) is 0 Å². The van der Waals surface area contributed by atoms with E-state index in [2.05, 4.69) is 11.9 Å². The molecular formula is C8H13NOS. The molecule has 2 rings (SSSR count). The molecule has 1 heterocycles.